The average Bonchev–Trinajstić information content (AvgIpc) is 2.67. The predicted octanol–water partition coefficient (Wildman–Crippen LogP) is 3.12. The molecule has 3 aromatic carbocycles. The van der Waals surface area contributed by atoms with Gasteiger partial charge in [-0.3, -0.25) is 4.79 Å². The fourth-order valence-electron chi connectivity index (χ4n) is 2.53. The second-order valence-corrected chi connectivity index (χ2v) is 5.60. The molecule has 1 amide bonds. The Hall–Kier alpha value is -3.54. The summed E-state index contributed by atoms with van der Waals surface area (Å²) in [6.07, 6.45) is 1.37. The third kappa shape index (κ3) is 4.10. The van der Waals surface area contributed by atoms with E-state index >= 15 is 0 Å². The van der Waals surface area contributed by atoms with Crippen molar-refractivity contribution in [3.63, 3.8) is 0 Å². The van der Waals surface area contributed by atoms with Crippen LogP contribution in [0.5, 0.6) is 11.5 Å². The maximum atomic E-state index is 12.0. The lowest BCUT2D eigenvalue weighted by Crippen LogP contribution is -2.25. The number of nitrogens with one attached hydrogen (secondary N) is 2. The number of amides is 1. The van der Waals surface area contributed by atoms with Crippen LogP contribution in [0.25, 0.3) is 10.8 Å². The van der Waals surface area contributed by atoms with Crippen molar-refractivity contribution in [2.75, 3.05) is 19.0 Å². The van der Waals surface area contributed by atoms with E-state index in [9.17, 15) is 9.90 Å². The summed E-state index contributed by atoms with van der Waals surface area (Å²) in [7, 11) is 1.54. The first-order valence-corrected chi connectivity index (χ1v) is 8.08. The molecule has 0 spiro atoms. The first-order chi connectivity index (χ1) is 12.7. The summed E-state index contributed by atoms with van der Waals surface area (Å²) in [6, 6.07) is 18.6. The van der Waals surface area contributed by atoms with Gasteiger partial charge in [0, 0.05) is 16.6 Å². The van der Waals surface area contributed by atoms with Gasteiger partial charge in [-0.25, -0.2) is 5.43 Å². The van der Waals surface area contributed by atoms with Gasteiger partial charge in [-0.2, -0.15) is 5.10 Å². The number of benzene rings is 3. The number of phenolic OH excluding ortho intramolecular Hbond substituents is 1. The van der Waals surface area contributed by atoms with Gasteiger partial charge >= 0.3 is 0 Å². The zero-order valence-corrected chi connectivity index (χ0v) is 14.3. The van der Waals surface area contributed by atoms with Gasteiger partial charge in [0.2, 0.25) is 0 Å². The third-order valence-electron chi connectivity index (χ3n) is 3.86. The summed E-state index contributed by atoms with van der Waals surface area (Å²) in [6.45, 7) is 0.0788. The Kier molecular flexibility index (Phi) is 5.34. The Balaban J connectivity index is 1.59. The average molecular weight is 349 g/mol. The van der Waals surface area contributed by atoms with Crippen LogP contribution in [0, 0.1) is 0 Å². The van der Waals surface area contributed by atoms with Gasteiger partial charge in [0.1, 0.15) is 11.5 Å². The van der Waals surface area contributed by atoms with E-state index in [2.05, 4.69) is 15.8 Å². The number of aromatic hydroxyl groups is 1. The molecule has 6 nitrogen and oxygen atoms in total. The van der Waals surface area contributed by atoms with Crippen LogP contribution >= 0.6 is 0 Å². The van der Waals surface area contributed by atoms with E-state index in [-0.39, 0.29) is 18.2 Å². The molecular formula is C20H19N3O3. The Morgan fingerprint density at radius 2 is 1.96 bits per heavy atom. The van der Waals surface area contributed by atoms with Crippen molar-refractivity contribution in [1.29, 1.82) is 0 Å². The molecule has 0 bridgehead atoms. The van der Waals surface area contributed by atoms with E-state index in [1.165, 1.54) is 19.4 Å². The lowest BCUT2D eigenvalue weighted by atomic mass is 10.1. The first kappa shape index (κ1) is 17.3. The fourth-order valence-corrected chi connectivity index (χ4v) is 2.53. The zero-order chi connectivity index (χ0) is 18.4. The minimum atomic E-state index is -0.295. The molecule has 0 unspecified atom stereocenters. The van der Waals surface area contributed by atoms with E-state index in [0.717, 1.165) is 16.5 Å². The van der Waals surface area contributed by atoms with Crippen LogP contribution in [-0.2, 0) is 4.79 Å². The van der Waals surface area contributed by atoms with Gasteiger partial charge in [-0.1, -0.05) is 36.4 Å². The van der Waals surface area contributed by atoms with Gasteiger partial charge in [0.15, 0.2) is 0 Å². The topological polar surface area (TPSA) is 83.0 Å². The Morgan fingerprint density at radius 1 is 1.15 bits per heavy atom. The second-order valence-electron chi connectivity index (χ2n) is 5.60. The number of ether oxygens (including phenoxy) is 1. The minimum Gasteiger partial charge on any atom is -0.507 e. The van der Waals surface area contributed by atoms with Crippen LogP contribution in [-0.4, -0.2) is 30.9 Å². The number of carbonyl (C=O) groups excluding carboxylic acids is 1. The van der Waals surface area contributed by atoms with Gasteiger partial charge in [0.05, 0.1) is 19.9 Å². The summed E-state index contributed by atoms with van der Waals surface area (Å²) >= 11 is 0. The molecule has 0 saturated heterocycles. The molecule has 3 rings (SSSR count). The number of fused-ring (bicyclic) bond motifs is 1. The van der Waals surface area contributed by atoms with E-state index in [4.69, 9.17) is 4.74 Å². The summed E-state index contributed by atoms with van der Waals surface area (Å²) in [5, 5.41) is 18.9. The van der Waals surface area contributed by atoms with Crippen LogP contribution in [0.3, 0.4) is 0 Å². The molecule has 0 aliphatic heterocycles. The maximum Gasteiger partial charge on any atom is 0.259 e. The van der Waals surface area contributed by atoms with Crippen LogP contribution in [0.2, 0.25) is 0 Å². The molecule has 0 saturated carbocycles. The van der Waals surface area contributed by atoms with Gasteiger partial charge in [-0.05, 0) is 29.7 Å². The number of carbonyl (C=O) groups is 1. The highest BCUT2D eigenvalue weighted by Crippen LogP contribution is 2.23. The quantitative estimate of drug-likeness (QED) is 0.472. The molecule has 0 aromatic heterocycles. The molecule has 132 valence electrons. The molecule has 26 heavy (non-hydrogen) atoms. The van der Waals surface area contributed by atoms with Crippen LogP contribution in [0.15, 0.2) is 65.8 Å². The van der Waals surface area contributed by atoms with Crippen LogP contribution in [0.1, 0.15) is 5.56 Å². The van der Waals surface area contributed by atoms with Crippen LogP contribution in [0.4, 0.5) is 5.69 Å². The van der Waals surface area contributed by atoms with E-state index in [1.807, 2.05) is 42.5 Å². The number of phenols is 1. The van der Waals surface area contributed by atoms with Crippen molar-refractivity contribution in [3.8, 4) is 11.5 Å². The lowest BCUT2D eigenvalue weighted by Gasteiger charge is -2.09. The van der Waals surface area contributed by atoms with Gasteiger partial charge in [-0.15, -0.1) is 0 Å². The molecule has 0 fully saturated rings. The van der Waals surface area contributed by atoms with Crippen molar-refractivity contribution in [1.82, 2.24) is 5.43 Å². The molecule has 6 heteroatoms. The SMILES string of the molecule is COc1ccc(O)c(/C=N\NC(=O)CNc2cccc3ccccc23)c1. The number of hydrogen-bond acceptors (Lipinski definition) is 5. The summed E-state index contributed by atoms with van der Waals surface area (Å²) in [4.78, 5) is 12.0. The van der Waals surface area contributed by atoms with Crippen LogP contribution < -0.4 is 15.5 Å². The van der Waals surface area contributed by atoms with Crippen molar-refractivity contribution in [3.05, 3.63) is 66.2 Å². The molecule has 0 aliphatic carbocycles. The zero-order valence-electron chi connectivity index (χ0n) is 14.3. The predicted molar refractivity (Wildman–Crippen MR) is 103 cm³/mol. The third-order valence-corrected chi connectivity index (χ3v) is 3.86. The number of nitrogens with zero attached hydrogens (tertiary/aromatic N) is 1. The molecule has 0 heterocycles. The number of hydrazone groups is 1. The standard InChI is InChI=1S/C20H19N3O3/c1-26-16-9-10-19(24)15(11-16)12-22-23-20(25)13-21-18-8-4-6-14-5-2-3-7-17(14)18/h2-12,21,24H,13H2,1H3,(H,23,25)/b22-12-. The molecular weight excluding hydrogens is 330 g/mol. The largest absolute Gasteiger partial charge is 0.507 e. The summed E-state index contributed by atoms with van der Waals surface area (Å²) < 4.78 is 5.09. The van der Waals surface area contributed by atoms with Crippen molar-refractivity contribution in [2.24, 2.45) is 5.10 Å². The number of anilines is 1. The fraction of sp³-hybridized carbons (Fsp3) is 0.100. The molecule has 0 aliphatic rings. The minimum absolute atomic E-state index is 0.0534. The maximum absolute atomic E-state index is 12.0. The van der Waals surface area contributed by atoms with E-state index < -0.39 is 0 Å². The Bertz CT molecular complexity index is 949. The molecule has 3 aromatic rings. The normalized spacial score (nSPS) is 10.8. The monoisotopic (exact) mass is 349 g/mol. The van der Waals surface area contributed by atoms with Gasteiger partial charge in [0.25, 0.3) is 5.91 Å². The smallest absolute Gasteiger partial charge is 0.259 e. The highest BCUT2D eigenvalue weighted by Gasteiger charge is 2.04. The number of methoxy groups -OCH3 is 1. The highest BCUT2D eigenvalue weighted by atomic mass is 16.5. The van der Waals surface area contributed by atoms with E-state index in [0.29, 0.717) is 11.3 Å². The lowest BCUT2D eigenvalue weighted by molar-refractivity contribution is -0.119. The Morgan fingerprint density at radius 3 is 2.81 bits per heavy atom. The number of hydrogen-bond donors (Lipinski definition) is 3. The van der Waals surface area contributed by atoms with Crippen molar-refractivity contribution < 1.29 is 14.6 Å². The first-order valence-electron chi connectivity index (χ1n) is 8.08. The highest BCUT2D eigenvalue weighted by molar-refractivity contribution is 5.95. The van der Waals surface area contributed by atoms with E-state index in [1.54, 1.807) is 12.1 Å². The van der Waals surface area contributed by atoms with Crippen molar-refractivity contribution in [2.45, 2.75) is 0 Å². The molecule has 0 atom stereocenters. The summed E-state index contributed by atoms with van der Waals surface area (Å²) in [5.41, 5.74) is 3.76. The molecule has 0 radical (unpaired) electrons. The van der Waals surface area contributed by atoms with Gasteiger partial charge < -0.3 is 15.2 Å². The summed E-state index contributed by atoms with van der Waals surface area (Å²) in [5.74, 6) is 0.349. The molecule has 3 N–H and O–H groups in total. The van der Waals surface area contributed by atoms with Crippen molar-refractivity contribution >= 4 is 28.6 Å². The second kappa shape index (κ2) is 8.02. The Labute approximate surface area is 151 Å². The number of rotatable bonds is 6.